The molecule has 2 aromatic carbocycles. The van der Waals surface area contributed by atoms with Gasteiger partial charge in [0.2, 0.25) is 0 Å². The minimum absolute atomic E-state index is 0.123. The number of fused-ring (bicyclic) bond motifs is 1. The fraction of sp³-hybridized carbons (Fsp3) is 0.167. The van der Waals surface area contributed by atoms with E-state index in [9.17, 15) is 31.7 Å². The van der Waals surface area contributed by atoms with Crippen LogP contribution in [0.3, 0.4) is 0 Å². The van der Waals surface area contributed by atoms with E-state index >= 15 is 0 Å². The Hall–Kier alpha value is -2.40. The minimum atomic E-state index is -5.97. The van der Waals surface area contributed by atoms with Gasteiger partial charge in [-0.1, -0.05) is 12.1 Å². The van der Waals surface area contributed by atoms with E-state index < -0.39 is 38.6 Å². The summed E-state index contributed by atoms with van der Waals surface area (Å²) < 4.78 is 63.3. The van der Waals surface area contributed by atoms with Crippen molar-refractivity contribution in [3.8, 4) is 5.75 Å². The van der Waals surface area contributed by atoms with Gasteiger partial charge in [0.1, 0.15) is 5.75 Å². The van der Waals surface area contributed by atoms with E-state index in [1.165, 1.54) is 12.1 Å². The number of nitro groups is 1. The summed E-state index contributed by atoms with van der Waals surface area (Å²) in [6, 6.07) is 5.76. The molecule has 23 heavy (non-hydrogen) atoms. The zero-order chi connectivity index (χ0) is 17.4. The van der Waals surface area contributed by atoms with E-state index in [0.29, 0.717) is 0 Å². The highest BCUT2D eigenvalue weighted by molar-refractivity contribution is 7.88. The highest BCUT2D eigenvalue weighted by Gasteiger charge is 2.48. The van der Waals surface area contributed by atoms with Gasteiger partial charge < -0.3 is 9.29 Å². The first kappa shape index (κ1) is 17.0. The van der Waals surface area contributed by atoms with Crippen LogP contribution < -0.4 is 4.18 Å². The number of alkyl halides is 3. The fourth-order valence-electron chi connectivity index (χ4n) is 1.86. The second-order valence-corrected chi connectivity index (χ2v) is 5.89. The van der Waals surface area contributed by atoms with Crippen molar-refractivity contribution in [2.24, 2.45) is 0 Å². The van der Waals surface area contributed by atoms with Crippen molar-refractivity contribution in [1.29, 1.82) is 0 Å². The van der Waals surface area contributed by atoms with Gasteiger partial charge in [0, 0.05) is 11.6 Å². The van der Waals surface area contributed by atoms with Crippen molar-refractivity contribution >= 4 is 26.6 Å². The molecular weight excluding hydrogens is 343 g/mol. The molecule has 11 heteroatoms. The Bertz CT molecular complexity index is 878. The SMILES string of the molecule is O=[N+]([O-])c1cccc2cc(CO)c(OS(=O)(=O)C(F)(F)F)cc12. The molecule has 0 saturated heterocycles. The number of aliphatic hydroxyl groups is 1. The molecule has 0 heterocycles. The molecule has 0 spiro atoms. The van der Waals surface area contributed by atoms with E-state index in [1.54, 1.807) is 0 Å². The van der Waals surface area contributed by atoms with Crippen LogP contribution >= 0.6 is 0 Å². The van der Waals surface area contributed by atoms with Gasteiger partial charge in [-0.3, -0.25) is 10.1 Å². The number of halogens is 3. The Kier molecular flexibility index (Phi) is 4.18. The molecule has 0 atom stereocenters. The van der Waals surface area contributed by atoms with Gasteiger partial charge in [0.15, 0.2) is 0 Å². The molecule has 0 aliphatic carbocycles. The van der Waals surface area contributed by atoms with Crippen molar-refractivity contribution in [2.45, 2.75) is 12.1 Å². The van der Waals surface area contributed by atoms with Crippen LogP contribution in [0.2, 0.25) is 0 Å². The fourth-order valence-corrected chi connectivity index (χ4v) is 2.35. The molecule has 0 radical (unpaired) electrons. The second kappa shape index (κ2) is 5.66. The maximum Gasteiger partial charge on any atom is 0.534 e. The third kappa shape index (κ3) is 3.19. The van der Waals surface area contributed by atoms with Crippen LogP contribution in [0.25, 0.3) is 10.8 Å². The maximum absolute atomic E-state index is 12.4. The molecule has 0 unspecified atom stereocenters. The monoisotopic (exact) mass is 351 g/mol. The summed E-state index contributed by atoms with van der Waals surface area (Å²) in [5.41, 5.74) is -6.37. The normalized spacial score (nSPS) is 12.3. The molecule has 2 aromatic rings. The van der Waals surface area contributed by atoms with Gasteiger partial charge in [0.25, 0.3) is 5.69 Å². The van der Waals surface area contributed by atoms with Crippen LogP contribution in [0.15, 0.2) is 30.3 Å². The van der Waals surface area contributed by atoms with Crippen molar-refractivity contribution in [2.75, 3.05) is 0 Å². The topological polar surface area (TPSA) is 107 Å². The van der Waals surface area contributed by atoms with Crippen LogP contribution in [0.1, 0.15) is 5.56 Å². The lowest BCUT2D eigenvalue weighted by Crippen LogP contribution is -2.28. The summed E-state index contributed by atoms with van der Waals surface area (Å²) in [4.78, 5) is 10.2. The van der Waals surface area contributed by atoms with Crippen molar-refractivity contribution < 1.29 is 35.8 Å². The molecule has 7 nitrogen and oxygen atoms in total. The molecule has 0 fully saturated rings. The van der Waals surface area contributed by atoms with Gasteiger partial charge >= 0.3 is 15.6 Å². The number of hydrogen-bond acceptors (Lipinski definition) is 6. The number of benzene rings is 2. The van der Waals surface area contributed by atoms with Crippen LogP contribution in [-0.2, 0) is 16.7 Å². The van der Waals surface area contributed by atoms with Crippen LogP contribution in [0.4, 0.5) is 18.9 Å². The lowest BCUT2D eigenvalue weighted by atomic mass is 10.0. The molecule has 0 aliphatic rings. The van der Waals surface area contributed by atoms with Gasteiger partial charge in [-0.25, -0.2) is 0 Å². The average molecular weight is 351 g/mol. The van der Waals surface area contributed by atoms with E-state index in [-0.39, 0.29) is 16.3 Å². The summed E-state index contributed by atoms with van der Waals surface area (Å²) in [7, 11) is -5.97. The Morgan fingerprint density at radius 1 is 1.26 bits per heavy atom. The van der Waals surface area contributed by atoms with Crippen LogP contribution in [0.5, 0.6) is 5.75 Å². The number of hydrogen-bond donors (Lipinski definition) is 1. The zero-order valence-electron chi connectivity index (χ0n) is 11.1. The third-order valence-electron chi connectivity index (χ3n) is 2.89. The van der Waals surface area contributed by atoms with Gasteiger partial charge in [-0.15, -0.1) is 0 Å². The molecule has 0 amide bonds. The van der Waals surface area contributed by atoms with Crippen LogP contribution in [-0.4, -0.2) is 24.0 Å². The van der Waals surface area contributed by atoms with Crippen LogP contribution in [0, 0.1) is 10.1 Å². The lowest BCUT2D eigenvalue weighted by molar-refractivity contribution is -0.383. The van der Waals surface area contributed by atoms with Gasteiger partial charge in [0.05, 0.1) is 16.9 Å². The predicted molar refractivity (Wildman–Crippen MR) is 72.1 cm³/mol. The first-order valence-electron chi connectivity index (χ1n) is 5.88. The third-order valence-corrected chi connectivity index (χ3v) is 3.85. The quantitative estimate of drug-likeness (QED) is 0.392. The maximum atomic E-state index is 12.4. The average Bonchev–Trinajstić information content (AvgIpc) is 2.44. The number of rotatable bonds is 4. The zero-order valence-corrected chi connectivity index (χ0v) is 11.9. The summed E-state index contributed by atoms with van der Waals surface area (Å²) in [6.07, 6.45) is 0. The highest BCUT2D eigenvalue weighted by atomic mass is 32.2. The Balaban J connectivity index is 2.68. The van der Waals surface area contributed by atoms with E-state index in [2.05, 4.69) is 4.18 Å². The largest absolute Gasteiger partial charge is 0.534 e. The minimum Gasteiger partial charge on any atom is -0.392 e. The predicted octanol–water partition coefficient (Wildman–Crippen LogP) is 2.47. The first-order chi connectivity index (χ1) is 10.6. The molecule has 1 N–H and O–H groups in total. The summed E-state index contributed by atoms with van der Waals surface area (Å²) in [5.74, 6) is -0.827. The van der Waals surface area contributed by atoms with E-state index in [1.807, 2.05) is 0 Å². The molecular formula is C12H8F3NO6S. The molecule has 124 valence electrons. The van der Waals surface area contributed by atoms with Crippen molar-refractivity contribution in [3.05, 3.63) is 46.0 Å². The van der Waals surface area contributed by atoms with E-state index in [4.69, 9.17) is 5.11 Å². The molecule has 2 rings (SSSR count). The molecule has 0 saturated carbocycles. The van der Waals surface area contributed by atoms with E-state index in [0.717, 1.165) is 18.2 Å². The number of nitro benzene ring substituents is 1. The van der Waals surface area contributed by atoms with Crippen molar-refractivity contribution in [3.63, 3.8) is 0 Å². The summed E-state index contributed by atoms with van der Waals surface area (Å²) in [5, 5.41) is 20.2. The first-order valence-corrected chi connectivity index (χ1v) is 7.29. The highest BCUT2D eigenvalue weighted by Crippen LogP contribution is 2.35. The molecule has 0 bridgehead atoms. The number of aliphatic hydroxyl groups excluding tert-OH is 1. The Labute approximate surface area is 127 Å². The van der Waals surface area contributed by atoms with Gasteiger partial charge in [-0.2, -0.15) is 21.6 Å². The molecule has 0 aliphatic heterocycles. The standard InChI is InChI=1S/C12H8F3NO6S/c13-12(14,15)23(20,21)22-11-5-9-7(4-8(11)6-17)2-1-3-10(9)16(18)19/h1-5,17H,6H2. The number of non-ortho nitro benzene ring substituents is 1. The smallest absolute Gasteiger partial charge is 0.392 e. The van der Waals surface area contributed by atoms with Crippen molar-refractivity contribution in [1.82, 2.24) is 0 Å². The summed E-state index contributed by atoms with van der Waals surface area (Å²) >= 11 is 0. The summed E-state index contributed by atoms with van der Waals surface area (Å²) in [6.45, 7) is -0.818. The van der Waals surface area contributed by atoms with Gasteiger partial charge in [-0.05, 0) is 17.5 Å². The molecule has 0 aromatic heterocycles. The second-order valence-electron chi connectivity index (χ2n) is 4.36. The number of nitrogens with zero attached hydrogens (tertiary/aromatic N) is 1. The lowest BCUT2D eigenvalue weighted by Gasteiger charge is -2.13. The Morgan fingerprint density at radius 2 is 1.91 bits per heavy atom. The Morgan fingerprint density at radius 3 is 2.43 bits per heavy atom.